The minimum atomic E-state index is -1.12. The Labute approximate surface area is 172 Å². The van der Waals surface area contributed by atoms with Crippen molar-refractivity contribution in [3.05, 3.63) is 65.3 Å². The molecule has 0 unspecified atom stereocenters. The molecule has 156 valence electrons. The van der Waals surface area contributed by atoms with Gasteiger partial charge in [0.25, 0.3) is 5.91 Å². The second kappa shape index (κ2) is 9.17. The number of aromatic nitrogens is 2. The van der Waals surface area contributed by atoms with E-state index in [4.69, 9.17) is 14.6 Å². The van der Waals surface area contributed by atoms with E-state index in [0.29, 0.717) is 18.6 Å². The number of nitrogens with one attached hydrogen (secondary N) is 1. The molecule has 0 saturated carbocycles. The van der Waals surface area contributed by atoms with Gasteiger partial charge in [0.2, 0.25) is 11.8 Å². The SMILES string of the molecule is CC(C)Oc1cc(C(=O)Nc2ccc(C(=O)O)cn2)cc(OC2=CCCC(F)=C2)n1. The molecule has 8 nitrogen and oxygen atoms in total. The summed E-state index contributed by atoms with van der Waals surface area (Å²) in [6, 6.07) is 5.55. The van der Waals surface area contributed by atoms with E-state index in [0.717, 1.165) is 6.20 Å². The zero-order valence-electron chi connectivity index (χ0n) is 16.4. The molecule has 0 bridgehead atoms. The molecule has 0 fully saturated rings. The van der Waals surface area contributed by atoms with Gasteiger partial charge in [-0.25, -0.2) is 14.2 Å². The fourth-order valence-corrected chi connectivity index (χ4v) is 2.58. The van der Waals surface area contributed by atoms with Gasteiger partial charge in [-0.3, -0.25) is 4.79 Å². The number of aromatic carboxylic acids is 1. The molecule has 2 N–H and O–H groups in total. The van der Waals surface area contributed by atoms with Gasteiger partial charge < -0.3 is 19.9 Å². The van der Waals surface area contributed by atoms with E-state index in [-0.39, 0.29) is 40.6 Å². The summed E-state index contributed by atoms with van der Waals surface area (Å²) < 4.78 is 24.7. The lowest BCUT2D eigenvalue weighted by atomic mass is 10.1. The molecule has 1 aliphatic rings. The Hall–Kier alpha value is -3.75. The molecule has 0 aliphatic heterocycles. The topological polar surface area (TPSA) is 111 Å². The first-order valence-corrected chi connectivity index (χ1v) is 9.23. The molecule has 1 aliphatic carbocycles. The maximum absolute atomic E-state index is 13.5. The lowest BCUT2D eigenvalue weighted by molar-refractivity contribution is 0.0696. The van der Waals surface area contributed by atoms with E-state index in [9.17, 15) is 14.0 Å². The Balaban J connectivity index is 1.83. The number of halogens is 1. The molecular formula is C21H20FN3O5. The van der Waals surface area contributed by atoms with Crippen LogP contribution in [0.2, 0.25) is 0 Å². The standard InChI is InChI=1S/C21H20FN3O5/c1-12(2)29-18-8-14(9-19(25-18)30-16-5-3-4-15(22)10-16)20(26)24-17-7-6-13(11-23-17)21(27)28/h5-12H,3-4H2,1-2H3,(H,27,28)(H,23,24,26). The Kier molecular flexibility index (Phi) is 6.41. The molecule has 0 radical (unpaired) electrons. The van der Waals surface area contributed by atoms with Crippen molar-refractivity contribution in [1.29, 1.82) is 0 Å². The number of nitrogens with zero attached hydrogens (tertiary/aromatic N) is 2. The predicted molar refractivity (Wildman–Crippen MR) is 106 cm³/mol. The number of amides is 1. The van der Waals surface area contributed by atoms with Crippen LogP contribution in [0.1, 0.15) is 47.4 Å². The molecule has 1 amide bonds. The number of pyridine rings is 2. The third kappa shape index (κ3) is 5.63. The minimum absolute atomic E-state index is 0.00117. The highest BCUT2D eigenvalue weighted by molar-refractivity contribution is 6.04. The number of hydrogen-bond donors (Lipinski definition) is 2. The van der Waals surface area contributed by atoms with Crippen LogP contribution < -0.4 is 14.8 Å². The van der Waals surface area contributed by atoms with Crippen LogP contribution in [0.25, 0.3) is 0 Å². The zero-order chi connectivity index (χ0) is 21.7. The molecule has 0 aromatic carbocycles. The van der Waals surface area contributed by atoms with Crippen LogP contribution in [-0.2, 0) is 0 Å². The van der Waals surface area contributed by atoms with Crippen molar-refractivity contribution in [2.45, 2.75) is 32.8 Å². The number of carboxylic acid groups (broad SMARTS) is 1. The van der Waals surface area contributed by atoms with Crippen LogP contribution in [0.5, 0.6) is 11.8 Å². The van der Waals surface area contributed by atoms with E-state index in [1.165, 1.54) is 30.3 Å². The van der Waals surface area contributed by atoms with Gasteiger partial charge >= 0.3 is 5.97 Å². The van der Waals surface area contributed by atoms with Gasteiger partial charge in [0.15, 0.2) is 0 Å². The van der Waals surface area contributed by atoms with E-state index in [2.05, 4.69) is 15.3 Å². The monoisotopic (exact) mass is 413 g/mol. The van der Waals surface area contributed by atoms with Crippen molar-refractivity contribution in [1.82, 2.24) is 9.97 Å². The van der Waals surface area contributed by atoms with Crippen LogP contribution in [0.15, 0.2) is 54.2 Å². The summed E-state index contributed by atoms with van der Waals surface area (Å²) >= 11 is 0. The number of allylic oxidation sites excluding steroid dienone is 3. The van der Waals surface area contributed by atoms with Crippen LogP contribution in [-0.4, -0.2) is 33.1 Å². The van der Waals surface area contributed by atoms with Gasteiger partial charge in [-0.15, -0.1) is 0 Å². The average molecular weight is 413 g/mol. The van der Waals surface area contributed by atoms with Crippen molar-refractivity contribution in [3.63, 3.8) is 0 Å². The number of anilines is 1. The van der Waals surface area contributed by atoms with E-state index < -0.39 is 11.9 Å². The largest absolute Gasteiger partial charge is 0.478 e. The number of hydrogen-bond acceptors (Lipinski definition) is 6. The Morgan fingerprint density at radius 1 is 1.20 bits per heavy atom. The van der Waals surface area contributed by atoms with Crippen LogP contribution in [0.3, 0.4) is 0 Å². The average Bonchev–Trinajstić information content (AvgIpc) is 2.67. The summed E-state index contributed by atoms with van der Waals surface area (Å²) in [5.74, 6) is -1.22. The number of ether oxygens (including phenoxy) is 2. The van der Waals surface area contributed by atoms with Gasteiger partial charge in [0, 0.05) is 30.8 Å². The zero-order valence-corrected chi connectivity index (χ0v) is 16.4. The quantitative estimate of drug-likeness (QED) is 0.702. The Bertz CT molecular complexity index is 1020. The highest BCUT2D eigenvalue weighted by Crippen LogP contribution is 2.25. The van der Waals surface area contributed by atoms with Crippen LogP contribution in [0.4, 0.5) is 10.2 Å². The second-order valence-electron chi connectivity index (χ2n) is 6.73. The molecular weight excluding hydrogens is 393 g/mol. The molecule has 30 heavy (non-hydrogen) atoms. The number of carbonyl (C=O) groups excluding carboxylic acids is 1. The molecule has 2 aromatic heterocycles. The fraction of sp³-hybridized carbons (Fsp3) is 0.238. The Morgan fingerprint density at radius 2 is 1.97 bits per heavy atom. The highest BCUT2D eigenvalue weighted by Gasteiger charge is 2.15. The summed E-state index contributed by atoms with van der Waals surface area (Å²) in [5, 5.41) is 11.5. The van der Waals surface area contributed by atoms with Gasteiger partial charge in [0.05, 0.1) is 17.2 Å². The van der Waals surface area contributed by atoms with Crippen molar-refractivity contribution in [2.75, 3.05) is 5.32 Å². The predicted octanol–water partition coefficient (Wildman–Crippen LogP) is 4.12. The van der Waals surface area contributed by atoms with E-state index in [1.807, 2.05) is 13.8 Å². The third-order valence-corrected chi connectivity index (χ3v) is 3.90. The molecule has 2 aromatic rings. The second-order valence-corrected chi connectivity index (χ2v) is 6.73. The first-order chi connectivity index (χ1) is 14.3. The summed E-state index contributed by atoms with van der Waals surface area (Å²) in [6.45, 7) is 3.62. The highest BCUT2D eigenvalue weighted by atomic mass is 19.1. The minimum Gasteiger partial charge on any atom is -0.478 e. The van der Waals surface area contributed by atoms with Crippen molar-refractivity contribution in [3.8, 4) is 11.8 Å². The maximum atomic E-state index is 13.5. The number of carbonyl (C=O) groups is 2. The lowest BCUT2D eigenvalue weighted by Gasteiger charge is -2.14. The smallest absolute Gasteiger partial charge is 0.337 e. The number of rotatable bonds is 7. The molecule has 2 heterocycles. The normalized spacial score (nSPS) is 13.3. The first kappa shape index (κ1) is 21.0. The number of carboxylic acids is 1. The van der Waals surface area contributed by atoms with Crippen molar-refractivity contribution >= 4 is 17.7 Å². The molecule has 0 atom stereocenters. The lowest BCUT2D eigenvalue weighted by Crippen LogP contribution is -2.15. The summed E-state index contributed by atoms with van der Waals surface area (Å²) in [4.78, 5) is 31.7. The summed E-state index contributed by atoms with van der Waals surface area (Å²) in [7, 11) is 0. The maximum Gasteiger partial charge on any atom is 0.337 e. The summed E-state index contributed by atoms with van der Waals surface area (Å²) in [5.41, 5.74) is 0.182. The Morgan fingerprint density at radius 3 is 2.60 bits per heavy atom. The first-order valence-electron chi connectivity index (χ1n) is 9.23. The third-order valence-electron chi connectivity index (χ3n) is 3.90. The molecule has 3 rings (SSSR count). The summed E-state index contributed by atoms with van der Waals surface area (Å²) in [6.07, 6.45) is 4.77. The van der Waals surface area contributed by atoms with Gasteiger partial charge in [-0.1, -0.05) is 0 Å². The van der Waals surface area contributed by atoms with Gasteiger partial charge in [-0.2, -0.15) is 4.98 Å². The molecule has 0 saturated heterocycles. The van der Waals surface area contributed by atoms with E-state index >= 15 is 0 Å². The molecule has 9 heteroatoms. The van der Waals surface area contributed by atoms with E-state index in [1.54, 1.807) is 6.08 Å². The fourth-order valence-electron chi connectivity index (χ4n) is 2.58. The van der Waals surface area contributed by atoms with Crippen molar-refractivity contribution < 1.29 is 28.6 Å². The van der Waals surface area contributed by atoms with Gasteiger partial charge in [0.1, 0.15) is 17.4 Å². The van der Waals surface area contributed by atoms with Crippen LogP contribution >= 0.6 is 0 Å². The van der Waals surface area contributed by atoms with Crippen molar-refractivity contribution in [2.24, 2.45) is 0 Å². The van der Waals surface area contributed by atoms with Gasteiger partial charge in [-0.05, 0) is 38.5 Å². The molecule has 0 spiro atoms. The van der Waals surface area contributed by atoms with Crippen LogP contribution in [0, 0.1) is 0 Å².